The fourth-order valence-corrected chi connectivity index (χ4v) is 2.62. The van der Waals surface area contributed by atoms with Crippen LogP contribution in [0.3, 0.4) is 0 Å². The highest BCUT2D eigenvalue weighted by molar-refractivity contribution is 9.10. The molecular weight excluding hydrogens is 386 g/mol. The second-order valence-electron chi connectivity index (χ2n) is 3.96. The molecule has 1 aromatic heterocycles. The first kappa shape index (κ1) is 14.5. The molecule has 0 bridgehead atoms. The number of aryl methyl sites for hydroxylation is 2. The summed E-state index contributed by atoms with van der Waals surface area (Å²) in [6.45, 7) is 1.97. The third-order valence-corrected chi connectivity index (χ3v) is 4.20. The van der Waals surface area contributed by atoms with Gasteiger partial charge in [0.15, 0.2) is 11.6 Å². The Morgan fingerprint density at radius 2 is 2.00 bits per heavy atom. The van der Waals surface area contributed by atoms with Gasteiger partial charge in [-0.1, -0.05) is 0 Å². The van der Waals surface area contributed by atoms with Crippen molar-refractivity contribution in [2.75, 3.05) is 0 Å². The number of halogens is 4. The van der Waals surface area contributed by atoms with E-state index in [0.29, 0.717) is 0 Å². The van der Waals surface area contributed by atoms with Crippen molar-refractivity contribution in [1.82, 2.24) is 9.78 Å². The monoisotopic (exact) mass is 394 g/mol. The average molecular weight is 396 g/mol. The van der Waals surface area contributed by atoms with Gasteiger partial charge >= 0.3 is 0 Å². The number of ether oxygens (including phenoxy) is 1. The maximum absolute atomic E-state index is 13.6. The lowest BCUT2D eigenvalue weighted by Gasteiger charge is -2.10. The predicted octanol–water partition coefficient (Wildman–Crippen LogP) is 4.11. The Morgan fingerprint density at radius 3 is 2.53 bits per heavy atom. The molecule has 0 aliphatic carbocycles. The summed E-state index contributed by atoms with van der Waals surface area (Å²) in [5.74, 6) is -1.43. The van der Waals surface area contributed by atoms with Gasteiger partial charge in [0.2, 0.25) is 0 Å². The lowest BCUT2D eigenvalue weighted by molar-refractivity contribution is 0.276. The van der Waals surface area contributed by atoms with E-state index in [1.165, 1.54) is 0 Å². The zero-order chi connectivity index (χ0) is 14.2. The Morgan fingerprint density at radius 1 is 1.32 bits per heavy atom. The summed E-state index contributed by atoms with van der Waals surface area (Å²) in [4.78, 5) is 0. The van der Waals surface area contributed by atoms with Gasteiger partial charge < -0.3 is 4.74 Å². The van der Waals surface area contributed by atoms with Crippen LogP contribution >= 0.6 is 31.9 Å². The maximum atomic E-state index is 13.6. The third kappa shape index (κ3) is 2.97. The summed E-state index contributed by atoms with van der Waals surface area (Å²) in [7, 11) is 1.77. The highest BCUT2D eigenvalue weighted by Gasteiger charge is 2.15. The minimum Gasteiger partial charge on any atom is -0.483 e. The summed E-state index contributed by atoms with van der Waals surface area (Å²) in [5.41, 5.74) is 1.59. The Labute approximate surface area is 125 Å². The van der Waals surface area contributed by atoms with Gasteiger partial charge in [-0.25, -0.2) is 8.78 Å². The average Bonchev–Trinajstić information content (AvgIpc) is 2.53. The van der Waals surface area contributed by atoms with Crippen molar-refractivity contribution in [1.29, 1.82) is 0 Å². The van der Waals surface area contributed by atoms with Crippen LogP contribution in [0.5, 0.6) is 5.75 Å². The number of hydrogen-bond donors (Lipinski definition) is 0. The van der Waals surface area contributed by atoms with E-state index < -0.39 is 11.6 Å². The molecule has 0 spiro atoms. The van der Waals surface area contributed by atoms with E-state index in [2.05, 4.69) is 37.0 Å². The smallest absolute Gasteiger partial charge is 0.169 e. The lowest BCUT2D eigenvalue weighted by Crippen LogP contribution is -2.05. The zero-order valence-corrected chi connectivity index (χ0v) is 13.3. The van der Waals surface area contributed by atoms with Crippen LogP contribution in [0.4, 0.5) is 8.78 Å². The van der Waals surface area contributed by atoms with Gasteiger partial charge in [0, 0.05) is 13.1 Å². The van der Waals surface area contributed by atoms with Gasteiger partial charge in [-0.05, 0) is 44.8 Å². The first-order valence-corrected chi connectivity index (χ1v) is 6.94. The van der Waals surface area contributed by atoms with Crippen LogP contribution < -0.4 is 4.74 Å². The Kier molecular flexibility index (Phi) is 4.25. The summed E-state index contributed by atoms with van der Waals surface area (Å²) >= 11 is 6.47. The molecule has 0 fully saturated rings. The third-order valence-electron chi connectivity index (χ3n) is 2.58. The molecule has 0 N–H and O–H groups in total. The van der Waals surface area contributed by atoms with E-state index in [4.69, 9.17) is 4.74 Å². The normalized spacial score (nSPS) is 10.8. The van der Waals surface area contributed by atoms with E-state index in [1.807, 2.05) is 6.92 Å². The van der Waals surface area contributed by atoms with Gasteiger partial charge in [0.25, 0.3) is 0 Å². The predicted molar refractivity (Wildman–Crippen MR) is 74.0 cm³/mol. The number of nitrogens with zero attached hydrogens (tertiary/aromatic N) is 2. The SMILES string of the molecule is Cc1nn(C)c(COc2c(F)cc(F)cc2Br)c1Br. The van der Waals surface area contributed by atoms with Gasteiger partial charge in [0.1, 0.15) is 12.4 Å². The minimum atomic E-state index is -0.748. The van der Waals surface area contributed by atoms with Crippen molar-refractivity contribution in [3.05, 3.63) is 44.1 Å². The fourth-order valence-electron chi connectivity index (χ4n) is 1.64. The molecule has 19 heavy (non-hydrogen) atoms. The standard InChI is InChI=1S/C12H10Br2F2N2O/c1-6-11(14)10(18(2)17-6)5-19-12-8(13)3-7(15)4-9(12)16/h3-4H,5H2,1-2H3. The second-order valence-corrected chi connectivity index (χ2v) is 5.60. The quantitative estimate of drug-likeness (QED) is 0.781. The van der Waals surface area contributed by atoms with Crippen molar-refractivity contribution < 1.29 is 13.5 Å². The molecule has 1 aromatic carbocycles. The summed E-state index contributed by atoms with van der Waals surface area (Å²) in [5, 5.41) is 4.21. The summed E-state index contributed by atoms with van der Waals surface area (Å²) < 4.78 is 34.6. The molecule has 1 heterocycles. The molecule has 102 valence electrons. The molecule has 0 saturated heterocycles. The van der Waals surface area contributed by atoms with Crippen LogP contribution in [0.2, 0.25) is 0 Å². The van der Waals surface area contributed by atoms with Crippen LogP contribution in [-0.2, 0) is 13.7 Å². The van der Waals surface area contributed by atoms with Crippen LogP contribution in [0, 0.1) is 18.6 Å². The Balaban J connectivity index is 2.24. The lowest BCUT2D eigenvalue weighted by atomic mass is 10.3. The minimum absolute atomic E-state index is 0.0212. The number of benzene rings is 1. The van der Waals surface area contributed by atoms with Gasteiger partial charge in [0.05, 0.1) is 20.3 Å². The Bertz CT molecular complexity index is 605. The van der Waals surface area contributed by atoms with Crippen LogP contribution in [0.15, 0.2) is 21.1 Å². The molecule has 0 radical (unpaired) electrons. The molecule has 0 aliphatic heterocycles. The molecule has 0 unspecified atom stereocenters. The molecule has 0 aliphatic rings. The molecule has 0 atom stereocenters. The highest BCUT2D eigenvalue weighted by atomic mass is 79.9. The van der Waals surface area contributed by atoms with E-state index in [-0.39, 0.29) is 16.8 Å². The summed E-state index contributed by atoms with van der Waals surface area (Å²) in [6, 6.07) is 1.94. The number of aromatic nitrogens is 2. The molecule has 7 heteroatoms. The van der Waals surface area contributed by atoms with Gasteiger partial charge in [-0.2, -0.15) is 5.10 Å². The van der Waals surface area contributed by atoms with Crippen molar-refractivity contribution in [2.24, 2.45) is 7.05 Å². The zero-order valence-electron chi connectivity index (χ0n) is 10.2. The second kappa shape index (κ2) is 5.58. The maximum Gasteiger partial charge on any atom is 0.169 e. The first-order valence-electron chi connectivity index (χ1n) is 5.35. The van der Waals surface area contributed by atoms with Crippen LogP contribution in [0.25, 0.3) is 0 Å². The molecule has 2 rings (SSSR count). The highest BCUT2D eigenvalue weighted by Crippen LogP contribution is 2.31. The first-order chi connectivity index (χ1) is 8.90. The Hall–Kier alpha value is -0.950. The molecular formula is C12H10Br2F2N2O. The van der Waals surface area contributed by atoms with Crippen molar-refractivity contribution in [3.63, 3.8) is 0 Å². The van der Waals surface area contributed by atoms with E-state index in [9.17, 15) is 8.78 Å². The van der Waals surface area contributed by atoms with Crippen LogP contribution in [-0.4, -0.2) is 9.78 Å². The largest absolute Gasteiger partial charge is 0.483 e. The van der Waals surface area contributed by atoms with Crippen molar-refractivity contribution in [2.45, 2.75) is 13.5 Å². The molecule has 0 amide bonds. The van der Waals surface area contributed by atoms with Crippen LogP contribution in [0.1, 0.15) is 11.4 Å². The molecule has 2 aromatic rings. The van der Waals surface area contributed by atoms with Gasteiger partial charge in [-0.3, -0.25) is 4.68 Å². The van der Waals surface area contributed by atoms with E-state index >= 15 is 0 Å². The summed E-state index contributed by atoms with van der Waals surface area (Å²) in [6.07, 6.45) is 0. The topological polar surface area (TPSA) is 27.1 Å². The number of hydrogen-bond acceptors (Lipinski definition) is 2. The van der Waals surface area contributed by atoms with Crippen molar-refractivity contribution >= 4 is 31.9 Å². The van der Waals surface area contributed by atoms with Gasteiger partial charge in [-0.15, -0.1) is 0 Å². The molecule has 3 nitrogen and oxygen atoms in total. The molecule has 0 saturated carbocycles. The van der Waals surface area contributed by atoms with E-state index in [1.54, 1.807) is 11.7 Å². The fraction of sp³-hybridized carbons (Fsp3) is 0.250. The van der Waals surface area contributed by atoms with Crippen molar-refractivity contribution in [3.8, 4) is 5.75 Å². The van der Waals surface area contributed by atoms with E-state index in [0.717, 1.165) is 28.0 Å². The number of rotatable bonds is 3.